The van der Waals surface area contributed by atoms with Gasteiger partial charge in [-0.25, -0.2) is 0 Å². The fraction of sp³-hybridized carbons (Fsp3) is 0.294. The molecular formula is C17H19Cl2NO. The first-order chi connectivity index (χ1) is 10.1. The van der Waals surface area contributed by atoms with Crippen LogP contribution in [0.5, 0.6) is 0 Å². The third kappa shape index (κ3) is 5.01. The average Bonchev–Trinajstić information content (AvgIpc) is 2.48. The molecule has 0 aliphatic carbocycles. The van der Waals surface area contributed by atoms with Crippen molar-refractivity contribution in [3.05, 3.63) is 69.7 Å². The Morgan fingerprint density at radius 2 is 1.76 bits per heavy atom. The molecule has 0 radical (unpaired) electrons. The van der Waals surface area contributed by atoms with Crippen molar-refractivity contribution in [2.75, 3.05) is 13.6 Å². The van der Waals surface area contributed by atoms with Crippen molar-refractivity contribution < 1.29 is 5.11 Å². The van der Waals surface area contributed by atoms with Crippen LogP contribution in [0.15, 0.2) is 48.5 Å². The van der Waals surface area contributed by atoms with Crippen molar-refractivity contribution in [2.24, 2.45) is 0 Å². The van der Waals surface area contributed by atoms with Crippen LogP contribution in [0.1, 0.15) is 23.7 Å². The minimum atomic E-state index is -0.530. The van der Waals surface area contributed by atoms with E-state index in [0.717, 1.165) is 18.7 Å². The van der Waals surface area contributed by atoms with Gasteiger partial charge >= 0.3 is 0 Å². The predicted octanol–water partition coefficient (Wildman–Crippen LogP) is 4.55. The molecule has 0 aliphatic heterocycles. The van der Waals surface area contributed by atoms with Crippen molar-refractivity contribution in [3.63, 3.8) is 0 Å². The summed E-state index contributed by atoms with van der Waals surface area (Å²) in [7, 11) is 2.05. The molecule has 0 saturated heterocycles. The Morgan fingerprint density at radius 3 is 2.43 bits per heavy atom. The maximum Gasteiger partial charge on any atom is 0.0802 e. The molecule has 21 heavy (non-hydrogen) atoms. The monoisotopic (exact) mass is 323 g/mol. The molecule has 0 heterocycles. The van der Waals surface area contributed by atoms with Gasteiger partial charge in [0.15, 0.2) is 0 Å². The number of aliphatic hydroxyl groups excluding tert-OH is 1. The highest BCUT2D eigenvalue weighted by molar-refractivity contribution is 6.42. The third-order valence-electron chi connectivity index (χ3n) is 3.41. The van der Waals surface area contributed by atoms with Crippen LogP contribution in [0.2, 0.25) is 10.0 Å². The highest BCUT2D eigenvalue weighted by atomic mass is 35.5. The third-order valence-corrected chi connectivity index (χ3v) is 4.15. The number of hydrogen-bond donors (Lipinski definition) is 1. The van der Waals surface area contributed by atoms with Gasteiger partial charge in [0.1, 0.15) is 0 Å². The minimum Gasteiger partial charge on any atom is -0.388 e. The molecular weight excluding hydrogens is 305 g/mol. The van der Waals surface area contributed by atoms with Crippen molar-refractivity contribution >= 4 is 23.2 Å². The first-order valence-corrected chi connectivity index (χ1v) is 7.67. The van der Waals surface area contributed by atoms with E-state index in [4.69, 9.17) is 23.2 Å². The minimum absolute atomic E-state index is 0.478. The number of nitrogens with zero attached hydrogens (tertiary/aromatic N) is 1. The van der Waals surface area contributed by atoms with Gasteiger partial charge in [-0.15, -0.1) is 0 Å². The Balaban J connectivity index is 1.85. The number of rotatable bonds is 6. The van der Waals surface area contributed by atoms with E-state index in [1.807, 2.05) is 24.3 Å². The van der Waals surface area contributed by atoms with E-state index in [0.29, 0.717) is 16.5 Å². The molecule has 0 saturated carbocycles. The van der Waals surface area contributed by atoms with Gasteiger partial charge in [0, 0.05) is 13.1 Å². The molecule has 0 spiro atoms. The van der Waals surface area contributed by atoms with E-state index in [2.05, 4.69) is 24.1 Å². The lowest BCUT2D eigenvalue weighted by molar-refractivity contribution is 0.147. The molecule has 112 valence electrons. The summed E-state index contributed by atoms with van der Waals surface area (Å²) < 4.78 is 0. The molecule has 0 aliphatic rings. The fourth-order valence-corrected chi connectivity index (χ4v) is 2.51. The second kappa shape index (κ2) is 7.81. The zero-order valence-corrected chi connectivity index (χ0v) is 13.5. The Labute approximate surface area is 135 Å². The second-order valence-electron chi connectivity index (χ2n) is 5.20. The molecule has 0 fully saturated rings. The van der Waals surface area contributed by atoms with Crippen molar-refractivity contribution in [3.8, 4) is 0 Å². The Morgan fingerprint density at radius 1 is 1.05 bits per heavy atom. The molecule has 0 aromatic heterocycles. The normalized spacial score (nSPS) is 12.6. The number of benzene rings is 2. The summed E-state index contributed by atoms with van der Waals surface area (Å²) in [5.41, 5.74) is 2.07. The number of hydrogen-bond acceptors (Lipinski definition) is 2. The Kier molecular flexibility index (Phi) is 6.07. The fourth-order valence-electron chi connectivity index (χ4n) is 2.20. The molecule has 0 bridgehead atoms. The average molecular weight is 324 g/mol. The number of aliphatic hydroxyl groups is 1. The summed E-state index contributed by atoms with van der Waals surface area (Å²) in [6.07, 6.45) is 0.124. The summed E-state index contributed by atoms with van der Waals surface area (Å²) in [4.78, 5) is 2.19. The van der Waals surface area contributed by atoms with Crippen LogP contribution in [-0.4, -0.2) is 23.6 Å². The summed E-state index contributed by atoms with van der Waals surface area (Å²) in [5, 5.41) is 11.2. The molecule has 2 nitrogen and oxygen atoms in total. The zero-order valence-electron chi connectivity index (χ0n) is 12.0. The first-order valence-electron chi connectivity index (χ1n) is 6.92. The molecule has 1 N–H and O–H groups in total. The summed E-state index contributed by atoms with van der Waals surface area (Å²) in [6.45, 7) is 1.67. The topological polar surface area (TPSA) is 23.5 Å². The van der Waals surface area contributed by atoms with E-state index < -0.39 is 6.10 Å². The Hall–Kier alpha value is -1.06. The maximum absolute atomic E-state index is 10.2. The van der Waals surface area contributed by atoms with E-state index in [9.17, 15) is 5.11 Å². The Bertz CT molecular complexity index is 574. The van der Waals surface area contributed by atoms with Gasteiger partial charge in [0.05, 0.1) is 16.1 Å². The molecule has 0 amide bonds. The van der Waals surface area contributed by atoms with Crippen molar-refractivity contribution in [1.29, 1.82) is 0 Å². The molecule has 4 heteroatoms. The van der Waals surface area contributed by atoms with E-state index in [1.165, 1.54) is 5.56 Å². The van der Waals surface area contributed by atoms with Crippen molar-refractivity contribution in [2.45, 2.75) is 19.1 Å². The lowest BCUT2D eigenvalue weighted by Gasteiger charge is -2.19. The van der Waals surface area contributed by atoms with Gasteiger partial charge in [-0.05, 0) is 36.7 Å². The largest absolute Gasteiger partial charge is 0.388 e. The molecule has 2 aromatic carbocycles. The summed E-state index contributed by atoms with van der Waals surface area (Å²) in [6, 6.07) is 15.6. The smallest absolute Gasteiger partial charge is 0.0802 e. The van der Waals surface area contributed by atoms with Crippen LogP contribution < -0.4 is 0 Å². The highest BCUT2D eigenvalue weighted by Gasteiger charge is 2.11. The highest BCUT2D eigenvalue weighted by Crippen LogP contribution is 2.26. The van der Waals surface area contributed by atoms with E-state index in [1.54, 1.807) is 12.1 Å². The first kappa shape index (κ1) is 16.3. The van der Waals surface area contributed by atoms with Gasteiger partial charge in [-0.3, -0.25) is 0 Å². The van der Waals surface area contributed by atoms with Crippen LogP contribution in [0, 0.1) is 0 Å². The molecule has 1 atom stereocenters. The maximum atomic E-state index is 10.2. The van der Waals surface area contributed by atoms with Gasteiger partial charge < -0.3 is 10.0 Å². The van der Waals surface area contributed by atoms with E-state index in [-0.39, 0.29) is 0 Å². The van der Waals surface area contributed by atoms with Crippen LogP contribution in [-0.2, 0) is 6.54 Å². The lowest BCUT2D eigenvalue weighted by atomic mass is 10.1. The van der Waals surface area contributed by atoms with Gasteiger partial charge in [0.25, 0.3) is 0 Å². The van der Waals surface area contributed by atoms with Crippen LogP contribution in [0.3, 0.4) is 0 Å². The molecule has 2 aromatic rings. The number of halogens is 2. The van der Waals surface area contributed by atoms with Gasteiger partial charge in [0.2, 0.25) is 0 Å². The standard InChI is InChI=1S/C17H19Cl2NO/c1-20(12-13-5-3-2-4-6-13)10-9-17(21)14-7-8-15(18)16(19)11-14/h2-8,11,17,21H,9-10,12H2,1H3/t17-/m1/s1. The second-order valence-corrected chi connectivity index (χ2v) is 6.02. The van der Waals surface area contributed by atoms with Gasteiger partial charge in [-0.2, -0.15) is 0 Å². The quantitative estimate of drug-likeness (QED) is 0.843. The molecule has 0 unspecified atom stereocenters. The van der Waals surface area contributed by atoms with Crippen LogP contribution >= 0.6 is 23.2 Å². The summed E-state index contributed by atoms with van der Waals surface area (Å²) in [5.74, 6) is 0. The van der Waals surface area contributed by atoms with Gasteiger partial charge in [-0.1, -0.05) is 59.6 Å². The molecule has 2 rings (SSSR count). The van der Waals surface area contributed by atoms with Crippen molar-refractivity contribution in [1.82, 2.24) is 4.90 Å². The SMILES string of the molecule is CN(CC[C@@H](O)c1ccc(Cl)c(Cl)c1)Cc1ccccc1. The lowest BCUT2D eigenvalue weighted by Crippen LogP contribution is -2.20. The van der Waals surface area contributed by atoms with E-state index >= 15 is 0 Å². The zero-order chi connectivity index (χ0) is 15.2. The predicted molar refractivity (Wildman–Crippen MR) is 88.8 cm³/mol. The summed E-state index contributed by atoms with van der Waals surface area (Å²) >= 11 is 11.9. The van der Waals surface area contributed by atoms with Crippen LogP contribution in [0.25, 0.3) is 0 Å². The van der Waals surface area contributed by atoms with Crippen LogP contribution in [0.4, 0.5) is 0 Å².